The van der Waals surface area contributed by atoms with Crippen LogP contribution in [-0.4, -0.2) is 39.5 Å². The summed E-state index contributed by atoms with van der Waals surface area (Å²) in [5.74, 6) is -1.78. The minimum absolute atomic E-state index is 0.0707. The molecule has 1 N–H and O–H groups in total. The van der Waals surface area contributed by atoms with Gasteiger partial charge in [-0.3, -0.25) is 4.79 Å². The van der Waals surface area contributed by atoms with Crippen LogP contribution in [0.5, 0.6) is 5.75 Å². The van der Waals surface area contributed by atoms with Crippen molar-refractivity contribution < 1.29 is 32.6 Å². The number of carboxylic acids is 1. The molecule has 1 fully saturated rings. The van der Waals surface area contributed by atoms with Crippen LogP contribution < -0.4 is 4.74 Å². The molecule has 7 nitrogen and oxygen atoms in total. The molecule has 1 unspecified atom stereocenters. The van der Waals surface area contributed by atoms with E-state index in [0.717, 1.165) is 17.4 Å². The predicted molar refractivity (Wildman–Crippen MR) is 98.8 cm³/mol. The van der Waals surface area contributed by atoms with Crippen molar-refractivity contribution in [3.05, 3.63) is 45.4 Å². The Bertz CT molecular complexity index is 1040. The third kappa shape index (κ3) is 4.23. The molecule has 0 aliphatic carbocycles. The molecular weight excluding hydrogens is 423 g/mol. The molecule has 158 valence electrons. The fourth-order valence-electron chi connectivity index (χ4n) is 3.21. The molecule has 2 aromatic rings. The Balaban J connectivity index is 1.81. The second kappa shape index (κ2) is 7.60. The smallest absolute Gasteiger partial charge is 0.417 e. The van der Waals surface area contributed by atoms with Gasteiger partial charge in [0.15, 0.2) is 11.8 Å². The Hall–Kier alpha value is -3.13. The van der Waals surface area contributed by atoms with E-state index in [0.29, 0.717) is 11.1 Å². The zero-order chi connectivity index (χ0) is 22.3. The molecule has 0 radical (unpaired) electrons. The summed E-state index contributed by atoms with van der Waals surface area (Å²) in [6, 6.07) is 4.43. The molecule has 1 aliphatic heterocycles. The van der Waals surface area contributed by atoms with Crippen molar-refractivity contribution in [1.82, 2.24) is 9.88 Å². The maximum Gasteiger partial charge on any atom is 0.417 e. The van der Waals surface area contributed by atoms with Crippen LogP contribution in [0.1, 0.15) is 40.5 Å². The minimum atomic E-state index is -4.74. The molecule has 0 saturated carbocycles. The van der Waals surface area contributed by atoms with Crippen LogP contribution in [0, 0.1) is 16.7 Å². The third-order valence-corrected chi connectivity index (χ3v) is 5.45. The van der Waals surface area contributed by atoms with E-state index >= 15 is 0 Å². The Morgan fingerprint density at radius 3 is 2.73 bits per heavy atom. The van der Waals surface area contributed by atoms with E-state index in [1.807, 2.05) is 0 Å². The second-order valence-electron chi connectivity index (χ2n) is 7.43. The summed E-state index contributed by atoms with van der Waals surface area (Å²) >= 11 is 1.10. The van der Waals surface area contributed by atoms with Crippen molar-refractivity contribution in [3.8, 4) is 11.8 Å². The number of amides is 1. The fourth-order valence-corrected chi connectivity index (χ4v) is 3.99. The van der Waals surface area contributed by atoms with E-state index in [1.54, 1.807) is 13.8 Å². The summed E-state index contributed by atoms with van der Waals surface area (Å²) in [6.07, 6.45) is -5.79. The van der Waals surface area contributed by atoms with Gasteiger partial charge >= 0.3 is 12.1 Å². The van der Waals surface area contributed by atoms with Crippen LogP contribution in [0.3, 0.4) is 0 Å². The first-order valence-corrected chi connectivity index (χ1v) is 9.55. The van der Waals surface area contributed by atoms with Gasteiger partial charge in [0.25, 0.3) is 5.91 Å². The maximum atomic E-state index is 13.2. The summed E-state index contributed by atoms with van der Waals surface area (Å²) in [4.78, 5) is 29.2. The van der Waals surface area contributed by atoms with Gasteiger partial charge in [-0.05, 0) is 18.2 Å². The van der Waals surface area contributed by atoms with Crippen molar-refractivity contribution in [2.75, 3.05) is 6.54 Å². The third-order valence-electron chi connectivity index (χ3n) is 4.61. The van der Waals surface area contributed by atoms with Crippen LogP contribution in [-0.2, 0) is 17.5 Å². The Labute approximate surface area is 173 Å². The van der Waals surface area contributed by atoms with Gasteiger partial charge in [-0.2, -0.15) is 18.4 Å². The molecule has 30 heavy (non-hydrogen) atoms. The Morgan fingerprint density at radius 2 is 2.17 bits per heavy atom. The average Bonchev–Trinajstić information content (AvgIpc) is 3.20. The lowest BCUT2D eigenvalue weighted by molar-refractivity contribution is -0.138. The van der Waals surface area contributed by atoms with Crippen molar-refractivity contribution in [2.24, 2.45) is 5.41 Å². The van der Waals surface area contributed by atoms with Crippen LogP contribution in [0.15, 0.2) is 23.6 Å². The zero-order valence-electron chi connectivity index (χ0n) is 15.9. The lowest BCUT2D eigenvalue weighted by atomic mass is 9.89. The first-order valence-electron chi connectivity index (χ1n) is 8.67. The Morgan fingerprint density at radius 1 is 1.47 bits per heavy atom. The molecule has 1 saturated heterocycles. The minimum Gasteiger partial charge on any atom is -0.480 e. The van der Waals surface area contributed by atoms with Crippen molar-refractivity contribution in [1.29, 1.82) is 5.26 Å². The van der Waals surface area contributed by atoms with Gasteiger partial charge in [0.2, 0.25) is 0 Å². The number of carboxylic acid groups (broad SMARTS) is 1. The number of carbonyl (C=O) groups excluding carboxylic acids is 1. The highest BCUT2D eigenvalue weighted by atomic mass is 32.1. The first kappa shape index (κ1) is 21.6. The van der Waals surface area contributed by atoms with E-state index in [2.05, 4.69) is 4.98 Å². The Kier molecular flexibility index (Phi) is 5.47. The zero-order valence-corrected chi connectivity index (χ0v) is 16.7. The summed E-state index contributed by atoms with van der Waals surface area (Å²) < 4.78 is 45.2. The number of thiazole rings is 1. The molecular formula is C19H16F3N3O4S. The number of rotatable bonds is 5. The lowest BCUT2D eigenvalue weighted by Crippen LogP contribution is -2.36. The topological polar surface area (TPSA) is 104 Å². The number of carbonyl (C=O) groups is 2. The lowest BCUT2D eigenvalue weighted by Gasteiger charge is -2.24. The van der Waals surface area contributed by atoms with E-state index in [4.69, 9.17) is 15.1 Å². The number of hydrogen-bond donors (Lipinski definition) is 1. The standard InChI is InChI=1S/C19H16F3N3O4S/c1-18(2)9-25(7-14-24-13(8-30-14)17(27)28)16(26)15(18)29-11-4-3-10(6-23)12(5-11)19(20,21)22/h3-5,8,15H,7,9H2,1-2H3,(H,27,28). The van der Waals surface area contributed by atoms with Gasteiger partial charge in [-0.15, -0.1) is 11.3 Å². The SMILES string of the molecule is CC1(C)CN(Cc2nc(C(=O)O)cs2)C(=O)C1Oc1ccc(C#N)c(C(F)(F)F)c1. The maximum absolute atomic E-state index is 13.2. The molecule has 0 spiro atoms. The molecule has 1 aromatic carbocycles. The molecule has 2 heterocycles. The number of hydrogen-bond acceptors (Lipinski definition) is 6. The highest BCUT2D eigenvalue weighted by Crippen LogP contribution is 2.38. The number of halogens is 3. The number of nitrogens with zero attached hydrogens (tertiary/aromatic N) is 3. The fraction of sp³-hybridized carbons (Fsp3) is 0.368. The normalized spacial score (nSPS) is 18.3. The molecule has 1 atom stereocenters. The quantitative estimate of drug-likeness (QED) is 0.764. The number of nitriles is 1. The molecule has 3 rings (SSSR count). The van der Waals surface area contributed by atoms with E-state index in [-0.39, 0.29) is 24.5 Å². The number of alkyl halides is 3. The van der Waals surface area contributed by atoms with E-state index < -0.39 is 40.7 Å². The van der Waals surface area contributed by atoms with Crippen LogP contribution in [0.25, 0.3) is 0 Å². The summed E-state index contributed by atoms with van der Waals surface area (Å²) in [6.45, 7) is 3.81. The monoisotopic (exact) mass is 439 g/mol. The number of aromatic carboxylic acids is 1. The van der Waals surface area contributed by atoms with Crippen LogP contribution >= 0.6 is 11.3 Å². The van der Waals surface area contributed by atoms with Crippen LogP contribution in [0.2, 0.25) is 0 Å². The largest absolute Gasteiger partial charge is 0.480 e. The molecule has 1 aromatic heterocycles. The summed E-state index contributed by atoms with van der Waals surface area (Å²) in [7, 11) is 0. The van der Waals surface area contributed by atoms with Gasteiger partial charge in [-0.1, -0.05) is 13.8 Å². The summed E-state index contributed by atoms with van der Waals surface area (Å²) in [5.41, 5.74) is -2.51. The van der Waals surface area contributed by atoms with Crippen molar-refractivity contribution in [2.45, 2.75) is 32.7 Å². The second-order valence-corrected chi connectivity index (χ2v) is 8.37. The van der Waals surface area contributed by atoms with Gasteiger partial charge in [-0.25, -0.2) is 9.78 Å². The summed E-state index contributed by atoms with van der Waals surface area (Å²) in [5, 5.41) is 19.7. The predicted octanol–water partition coefficient (Wildman–Crippen LogP) is 3.55. The average molecular weight is 439 g/mol. The number of likely N-dealkylation sites (tertiary alicyclic amines) is 1. The highest BCUT2D eigenvalue weighted by Gasteiger charge is 2.48. The van der Waals surface area contributed by atoms with Crippen molar-refractivity contribution >= 4 is 23.2 Å². The van der Waals surface area contributed by atoms with Gasteiger partial charge in [0.05, 0.1) is 23.7 Å². The van der Waals surface area contributed by atoms with E-state index in [1.165, 1.54) is 22.4 Å². The van der Waals surface area contributed by atoms with Gasteiger partial charge < -0.3 is 14.7 Å². The van der Waals surface area contributed by atoms with Gasteiger partial charge in [0.1, 0.15) is 10.8 Å². The molecule has 0 bridgehead atoms. The van der Waals surface area contributed by atoms with E-state index in [9.17, 15) is 22.8 Å². The molecule has 1 amide bonds. The number of ether oxygens (including phenoxy) is 1. The molecule has 1 aliphatic rings. The first-order chi connectivity index (χ1) is 13.9. The van der Waals surface area contributed by atoms with Crippen molar-refractivity contribution in [3.63, 3.8) is 0 Å². The number of benzene rings is 1. The van der Waals surface area contributed by atoms with Crippen LogP contribution in [0.4, 0.5) is 13.2 Å². The number of aromatic nitrogens is 1. The van der Waals surface area contributed by atoms with Gasteiger partial charge in [0, 0.05) is 17.3 Å². The highest BCUT2D eigenvalue weighted by molar-refractivity contribution is 7.09. The molecule has 11 heteroatoms.